The summed E-state index contributed by atoms with van der Waals surface area (Å²) < 4.78 is 6.76. The average Bonchev–Trinajstić information content (AvgIpc) is 3.07. The van der Waals surface area contributed by atoms with E-state index in [4.69, 9.17) is 9.73 Å². The minimum atomic E-state index is -0.0929. The molecule has 140 valence electrons. The molecule has 1 N–H and O–H groups in total. The van der Waals surface area contributed by atoms with Crippen molar-refractivity contribution in [3.05, 3.63) is 57.6 Å². The molecule has 0 unspecified atom stereocenters. The molecule has 2 aromatic carbocycles. The summed E-state index contributed by atoms with van der Waals surface area (Å²) in [6.07, 6.45) is 1.01. The van der Waals surface area contributed by atoms with E-state index in [9.17, 15) is 0 Å². The van der Waals surface area contributed by atoms with Crippen LogP contribution in [0.5, 0.6) is 5.75 Å². The quantitative estimate of drug-likeness (QED) is 0.513. The molecule has 5 heteroatoms. The van der Waals surface area contributed by atoms with Gasteiger partial charge in [-0.25, -0.2) is 4.99 Å². The lowest BCUT2D eigenvalue weighted by Gasteiger charge is -2.33. The molecule has 0 spiro atoms. The van der Waals surface area contributed by atoms with Gasteiger partial charge in [-0.15, -0.1) is 0 Å². The SMILES string of the molecule is CCCOc1ccc(N=c2ssc3c2-c2cc(C)ccc2NC3(C)C)cc1. The largest absolute Gasteiger partial charge is 0.494 e. The predicted molar refractivity (Wildman–Crippen MR) is 116 cm³/mol. The van der Waals surface area contributed by atoms with Crippen molar-refractivity contribution in [2.24, 2.45) is 4.99 Å². The number of hydrogen-bond acceptors (Lipinski definition) is 5. The van der Waals surface area contributed by atoms with E-state index in [-0.39, 0.29) is 5.54 Å². The number of fused-ring (bicyclic) bond motifs is 3. The van der Waals surface area contributed by atoms with Crippen molar-refractivity contribution in [1.82, 2.24) is 0 Å². The molecule has 1 aliphatic heterocycles. The van der Waals surface area contributed by atoms with Gasteiger partial charge in [-0.2, -0.15) is 0 Å². The molecule has 27 heavy (non-hydrogen) atoms. The molecule has 0 saturated heterocycles. The van der Waals surface area contributed by atoms with Crippen molar-refractivity contribution >= 4 is 32.1 Å². The molecule has 2 heterocycles. The van der Waals surface area contributed by atoms with E-state index in [1.807, 2.05) is 34.6 Å². The molecular weight excluding hydrogens is 372 g/mol. The molecule has 0 saturated carbocycles. The highest BCUT2D eigenvalue weighted by atomic mass is 32.9. The Hall–Kier alpha value is -2.11. The highest BCUT2D eigenvalue weighted by Crippen LogP contribution is 2.45. The Balaban J connectivity index is 1.80. The van der Waals surface area contributed by atoms with Crippen molar-refractivity contribution in [2.45, 2.75) is 39.7 Å². The van der Waals surface area contributed by atoms with E-state index in [1.54, 1.807) is 10.3 Å². The standard InChI is InChI=1S/C22H24N2OS2/c1-5-12-25-16-9-7-15(8-10-16)23-21-19-17-13-14(2)6-11-18(17)24-22(3,4)20(19)26-27-21/h6-11,13,24H,5,12H2,1-4H3. The van der Waals surface area contributed by atoms with Gasteiger partial charge in [0.2, 0.25) is 0 Å². The Bertz CT molecular complexity index is 1030. The highest BCUT2D eigenvalue weighted by molar-refractivity contribution is 7.68. The molecule has 0 radical (unpaired) electrons. The van der Waals surface area contributed by atoms with E-state index >= 15 is 0 Å². The average molecular weight is 397 g/mol. The van der Waals surface area contributed by atoms with Gasteiger partial charge in [0, 0.05) is 16.8 Å². The van der Waals surface area contributed by atoms with Gasteiger partial charge in [0.05, 0.1) is 22.7 Å². The molecule has 3 nitrogen and oxygen atoms in total. The van der Waals surface area contributed by atoms with Crippen LogP contribution in [-0.2, 0) is 5.54 Å². The number of anilines is 1. The van der Waals surface area contributed by atoms with Crippen molar-refractivity contribution in [1.29, 1.82) is 0 Å². The first-order chi connectivity index (χ1) is 13.0. The van der Waals surface area contributed by atoms with Crippen molar-refractivity contribution in [2.75, 3.05) is 11.9 Å². The number of ether oxygens (including phenoxy) is 1. The number of rotatable bonds is 4. The van der Waals surface area contributed by atoms with Crippen LogP contribution in [0.15, 0.2) is 47.5 Å². The van der Waals surface area contributed by atoms with Crippen molar-refractivity contribution in [3.8, 4) is 16.9 Å². The maximum atomic E-state index is 5.68. The number of nitrogens with one attached hydrogen (secondary N) is 1. The third-order valence-electron chi connectivity index (χ3n) is 4.64. The zero-order chi connectivity index (χ0) is 19.0. The summed E-state index contributed by atoms with van der Waals surface area (Å²) in [6.45, 7) is 9.47. The molecule has 0 amide bonds. The Morgan fingerprint density at radius 3 is 2.59 bits per heavy atom. The van der Waals surface area contributed by atoms with Crippen molar-refractivity contribution < 1.29 is 4.74 Å². The first-order valence-corrected chi connectivity index (χ1v) is 11.4. The van der Waals surface area contributed by atoms with Crippen LogP contribution in [0.25, 0.3) is 11.1 Å². The molecule has 3 aromatic rings. The first-order valence-electron chi connectivity index (χ1n) is 9.28. The van der Waals surface area contributed by atoms with Gasteiger partial charge in [0.15, 0.2) is 0 Å². The monoisotopic (exact) mass is 396 g/mol. The Kier molecular flexibility index (Phi) is 4.82. The van der Waals surface area contributed by atoms with Crippen LogP contribution in [-0.4, -0.2) is 6.61 Å². The van der Waals surface area contributed by atoms with Crippen LogP contribution >= 0.6 is 20.7 Å². The zero-order valence-electron chi connectivity index (χ0n) is 16.1. The summed E-state index contributed by atoms with van der Waals surface area (Å²) in [5.41, 5.74) is 5.84. The van der Waals surface area contributed by atoms with Crippen LogP contribution in [0.1, 0.15) is 37.6 Å². The molecule has 4 rings (SSSR count). The fourth-order valence-electron chi connectivity index (χ4n) is 3.31. The molecular formula is C22H24N2OS2. The lowest BCUT2D eigenvalue weighted by Crippen LogP contribution is -2.31. The minimum absolute atomic E-state index is 0.0929. The number of aryl methyl sites for hydroxylation is 1. The second-order valence-electron chi connectivity index (χ2n) is 7.43. The van der Waals surface area contributed by atoms with Gasteiger partial charge in [-0.3, -0.25) is 0 Å². The first kappa shape index (κ1) is 18.3. The molecule has 1 aromatic heterocycles. The van der Waals surface area contributed by atoms with E-state index in [0.717, 1.165) is 29.1 Å². The zero-order valence-corrected chi connectivity index (χ0v) is 17.8. The third-order valence-corrected chi connectivity index (χ3v) is 7.29. The minimum Gasteiger partial charge on any atom is -0.494 e. The van der Waals surface area contributed by atoms with Crippen molar-refractivity contribution in [3.63, 3.8) is 0 Å². The van der Waals surface area contributed by atoms with E-state index in [1.165, 1.54) is 27.3 Å². The summed E-state index contributed by atoms with van der Waals surface area (Å²) >= 11 is 0. The summed E-state index contributed by atoms with van der Waals surface area (Å²) in [7, 11) is 3.58. The Morgan fingerprint density at radius 1 is 1.07 bits per heavy atom. The second kappa shape index (κ2) is 7.13. The lowest BCUT2D eigenvalue weighted by atomic mass is 9.89. The number of hydrogen-bond donors (Lipinski definition) is 1. The van der Waals surface area contributed by atoms with Crippen LogP contribution < -0.4 is 14.7 Å². The highest BCUT2D eigenvalue weighted by Gasteiger charge is 2.33. The summed E-state index contributed by atoms with van der Waals surface area (Å²) in [5.74, 6) is 0.901. The van der Waals surface area contributed by atoms with Gasteiger partial charge in [0.1, 0.15) is 10.4 Å². The fourth-order valence-corrected chi connectivity index (χ4v) is 6.25. The molecule has 0 bridgehead atoms. The second-order valence-corrected chi connectivity index (χ2v) is 9.56. The normalized spacial score (nSPS) is 15.0. The summed E-state index contributed by atoms with van der Waals surface area (Å²) in [6, 6.07) is 14.7. The van der Waals surface area contributed by atoms with Gasteiger partial charge < -0.3 is 10.1 Å². The van der Waals surface area contributed by atoms with Gasteiger partial charge in [-0.05, 0) is 63.6 Å². The number of nitrogens with zero attached hydrogens (tertiary/aromatic N) is 1. The molecule has 1 aliphatic rings. The summed E-state index contributed by atoms with van der Waals surface area (Å²) in [4.78, 5) is 6.33. The Labute approximate surface area is 167 Å². The molecule has 0 atom stereocenters. The lowest BCUT2D eigenvalue weighted by molar-refractivity contribution is 0.317. The van der Waals surface area contributed by atoms with Crippen LogP contribution in [0.2, 0.25) is 0 Å². The maximum Gasteiger partial charge on any atom is 0.135 e. The summed E-state index contributed by atoms with van der Waals surface area (Å²) in [5, 5.41) is 3.68. The van der Waals surface area contributed by atoms with E-state index in [2.05, 4.69) is 51.2 Å². The van der Waals surface area contributed by atoms with Gasteiger partial charge in [0.25, 0.3) is 0 Å². The molecule has 0 fully saturated rings. The maximum absolute atomic E-state index is 5.68. The predicted octanol–water partition coefficient (Wildman–Crippen LogP) is 6.47. The van der Waals surface area contributed by atoms with Crippen LogP contribution in [0.3, 0.4) is 0 Å². The van der Waals surface area contributed by atoms with Crippen LogP contribution in [0, 0.1) is 6.92 Å². The van der Waals surface area contributed by atoms with Gasteiger partial charge in [-0.1, -0.05) is 39.2 Å². The number of benzene rings is 2. The molecule has 0 aliphatic carbocycles. The topological polar surface area (TPSA) is 33.6 Å². The van der Waals surface area contributed by atoms with E-state index in [0.29, 0.717) is 0 Å². The smallest absolute Gasteiger partial charge is 0.135 e. The van der Waals surface area contributed by atoms with Crippen LogP contribution in [0.4, 0.5) is 11.4 Å². The Morgan fingerprint density at radius 2 is 1.85 bits per heavy atom. The third kappa shape index (κ3) is 3.54. The van der Waals surface area contributed by atoms with E-state index < -0.39 is 0 Å². The van der Waals surface area contributed by atoms with Gasteiger partial charge >= 0.3 is 0 Å². The fraction of sp³-hybridized carbons (Fsp3) is 0.318.